The summed E-state index contributed by atoms with van der Waals surface area (Å²) >= 11 is 0. The van der Waals surface area contributed by atoms with E-state index in [1.54, 1.807) is 6.42 Å². The van der Waals surface area contributed by atoms with Gasteiger partial charge in [0.05, 0.1) is 17.1 Å². The van der Waals surface area contributed by atoms with Gasteiger partial charge in [-0.05, 0) is 96.6 Å². The Morgan fingerprint density at radius 2 is 0.968 bits per heavy atom. The molecular formula is C21H29BN6O2W-. The molecule has 10 heteroatoms. The predicted octanol–water partition coefficient (Wildman–Crippen LogP) is 2.96. The van der Waals surface area contributed by atoms with Crippen LogP contribution in [0.4, 0.5) is 0 Å². The molecular weight excluding hydrogens is 563 g/mol. The Kier molecular flexibility index (Phi) is 15.7. The van der Waals surface area contributed by atoms with Crippen molar-refractivity contribution in [2.75, 3.05) is 0 Å². The van der Waals surface area contributed by atoms with Crippen molar-refractivity contribution in [1.29, 1.82) is 0 Å². The molecule has 0 amide bonds. The topological polar surface area (TPSA) is 93.3 Å². The summed E-state index contributed by atoms with van der Waals surface area (Å²) in [6.45, 7) is 26.7. The summed E-state index contributed by atoms with van der Waals surface area (Å²) in [5.74, 6) is 0. The molecule has 3 aromatic heterocycles. The quantitative estimate of drug-likeness (QED) is 0.265. The molecule has 0 aliphatic heterocycles. The van der Waals surface area contributed by atoms with Gasteiger partial charge in [0.15, 0.2) is 0 Å². The summed E-state index contributed by atoms with van der Waals surface area (Å²) in [5, 5.41) is 14.1. The van der Waals surface area contributed by atoms with Gasteiger partial charge in [-0.3, -0.25) is 0 Å². The van der Waals surface area contributed by atoms with Crippen molar-refractivity contribution in [2.24, 2.45) is 0 Å². The molecule has 0 aromatic carbocycles. The second-order valence-electron chi connectivity index (χ2n) is 6.77. The van der Waals surface area contributed by atoms with Crippen LogP contribution < -0.4 is 0 Å². The fraction of sp³-hybridized carbons (Fsp3) is 0.333. The minimum atomic E-state index is -1.26. The van der Waals surface area contributed by atoms with Crippen LogP contribution in [0.2, 0.25) is 0 Å². The van der Waals surface area contributed by atoms with Gasteiger partial charge < -0.3 is 13.8 Å². The van der Waals surface area contributed by atoms with E-state index >= 15 is 0 Å². The van der Waals surface area contributed by atoms with Crippen LogP contribution in [-0.4, -0.2) is 36.2 Å². The average molecular weight is 592 g/mol. The molecule has 0 aliphatic rings. The Labute approximate surface area is 200 Å². The van der Waals surface area contributed by atoms with E-state index in [1.165, 1.54) is 0 Å². The molecule has 0 N–H and O–H groups in total. The molecule has 0 saturated heterocycles. The minimum absolute atomic E-state index is 0. The average Bonchev–Trinajstić information content (AvgIpc) is 3.36. The van der Waals surface area contributed by atoms with Crippen molar-refractivity contribution in [2.45, 2.75) is 48.5 Å². The Morgan fingerprint density at radius 3 is 1.10 bits per heavy atom. The van der Waals surface area contributed by atoms with Crippen molar-refractivity contribution < 1.29 is 30.4 Å². The summed E-state index contributed by atoms with van der Waals surface area (Å²) in [5.41, 5.74) is 6.40. The van der Waals surface area contributed by atoms with E-state index in [1.807, 2.05) is 34.1 Å². The van der Waals surface area contributed by atoms with E-state index in [2.05, 4.69) is 73.0 Å². The second-order valence-corrected chi connectivity index (χ2v) is 6.77. The molecule has 8 nitrogen and oxygen atoms in total. The molecule has 0 aliphatic carbocycles. The van der Waals surface area contributed by atoms with Gasteiger partial charge in [0.1, 0.15) is 0 Å². The molecule has 165 valence electrons. The maximum atomic E-state index is 7.50. The molecule has 3 aromatic rings. The van der Waals surface area contributed by atoms with Crippen LogP contribution in [0.15, 0.2) is 18.2 Å². The Bertz CT molecular complexity index is 840. The van der Waals surface area contributed by atoms with E-state index in [0.29, 0.717) is 0 Å². The van der Waals surface area contributed by atoms with Gasteiger partial charge in [-0.15, -0.1) is 0 Å². The monoisotopic (exact) mass is 592 g/mol. The molecule has 0 atom stereocenters. The number of unbranched alkanes of at least 4 members (excludes halogenated alkanes) is 1. The van der Waals surface area contributed by atoms with Gasteiger partial charge in [0, 0.05) is 21.1 Å². The summed E-state index contributed by atoms with van der Waals surface area (Å²) in [6.07, 6.45) is 3.64. The third kappa shape index (κ3) is 8.49. The molecule has 3 rings (SSSR count). The van der Waals surface area contributed by atoms with Gasteiger partial charge in [0.2, 0.25) is 0 Å². The Morgan fingerprint density at radius 1 is 0.742 bits per heavy atom. The number of nitrogens with zero attached hydrogens (tertiary/aromatic N) is 6. The molecule has 3 radical (unpaired) electrons. The Balaban J connectivity index is 0. The van der Waals surface area contributed by atoms with Gasteiger partial charge in [-0.1, -0.05) is 6.92 Å². The van der Waals surface area contributed by atoms with E-state index in [0.717, 1.165) is 34.2 Å². The van der Waals surface area contributed by atoms with Gasteiger partial charge in [0.25, 0.3) is 0 Å². The van der Waals surface area contributed by atoms with Crippen molar-refractivity contribution in [3.63, 3.8) is 0 Å². The van der Waals surface area contributed by atoms with Crippen molar-refractivity contribution in [1.82, 2.24) is 29.1 Å². The van der Waals surface area contributed by atoms with Crippen LogP contribution in [0, 0.1) is 74.6 Å². The minimum Gasteiger partial charge on any atom is -0.0620 e. The first kappa shape index (κ1) is 31.1. The third-order valence-electron chi connectivity index (χ3n) is 4.35. The summed E-state index contributed by atoms with van der Waals surface area (Å²) in [7, 11) is -1.26. The normalized spacial score (nSPS) is 9.32. The first-order valence-corrected chi connectivity index (χ1v) is 9.35. The molecule has 0 saturated carbocycles. The van der Waals surface area contributed by atoms with Gasteiger partial charge in [-0.2, -0.15) is 0 Å². The predicted molar refractivity (Wildman–Crippen MR) is 116 cm³/mol. The number of hydrogen-bond acceptors (Lipinski definition) is 3. The maximum absolute atomic E-state index is 7.50. The van der Waals surface area contributed by atoms with Crippen LogP contribution in [0.5, 0.6) is 0 Å². The van der Waals surface area contributed by atoms with E-state index < -0.39 is 7.12 Å². The fourth-order valence-electron chi connectivity index (χ4n) is 3.26. The molecule has 31 heavy (non-hydrogen) atoms. The first-order valence-electron chi connectivity index (χ1n) is 9.35. The zero-order valence-corrected chi connectivity index (χ0v) is 22.1. The van der Waals surface area contributed by atoms with Gasteiger partial charge in [-0.25, -0.2) is 15.3 Å². The van der Waals surface area contributed by atoms with E-state index in [4.69, 9.17) is 24.6 Å². The first-order chi connectivity index (χ1) is 14.3. The molecule has 0 unspecified atom stereocenters. The molecule has 0 fully saturated rings. The largest absolute Gasteiger partial charge is 0.0620 e. The summed E-state index contributed by atoms with van der Waals surface area (Å²) in [6, 6.07) is 6.28. The Hall–Kier alpha value is -2.14. The molecule has 0 spiro atoms. The van der Waals surface area contributed by atoms with Crippen LogP contribution in [-0.2, 0) is 30.4 Å². The van der Waals surface area contributed by atoms with Crippen LogP contribution >= 0.6 is 0 Å². The van der Waals surface area contributed by atoms with Gasteiger partial charge >= 0.3 is 29.7 Å². The standard InChI is InChI=1S/C15H22BN6.C4H7.2CO.W/c1-10-7-13(4)20(17-10)16(21-14(5)8-11(2)18-21)22-15(6)9-12(3)19-22;1-3-4-2;2*1-2;/h7-9,16H,1-6H3;3-4H,1H2,2H3;;;/q-1;;;;. The number of hydrogen-bond donors (Lipinski definition) is 0. The van der Waals surface area contributed by atoms with Crippen molar-refractivity contribution in [3.8, 4) is 0 Å². The molecule has 3 heterocycles. The number of aryl methyl sites for hydroxylation is 6. The third-order valence-corrected chi connectivity index (χ3v) is 4.35. The zero-order valence-electron chi connectivity index (χ0n) is 19.2. The second kappa shape index (κ2) is 15.6. The smallest absolute Gasteiger partial charge is 0 e. The van der Waals surface area contributed by atoms with E-state index in [9.17, 15) is 0 Å². The van der Waals surface area contributed by atoms with Crippen LogP contribution in [0.1, 0.15) is 41.1 Å². The zero-order chi connectivity index (χ0) is 23.4. The van der Waals surface area contributed by atoms with Crippen molar-refractivity contribution >= 4 is 7.12 Å². The SMILES string of the molecule is Cc1cc(C)n([BH-](n2nc(C)cc2C)n2nc(C)cc2C)n1.[C-]#[O+].[C-]#[O+].[CH2][CH][CH]C.[W]. The number of aromatic nitrogens is 6. The van der Waals surface area contributed by atoms with Crippen LogP contribution in [0.25, 0.3) is 0 Å². The van der Waals surface area contributed by atoms with Crippen molar-refractivity contribution in [3.05, 3.63) is 85.4 Å². The number of rotatable bonds is 4. The van der Waals surface area contributed by atoms with E-state index in [-0.39, 0.29) is 21.1 Å². The van der Waals surface area contributed by atoms with Crippen LogP contribution in [0.3, 0.4) is 0 Å². The molecule has 0 bridgehead atoms. The summed E-state index contributed by atoms with van der Waals surface area (Å²) in [4.78, 5) is 0. The maximum Gasteiger partial charge on any atom is 0 e. The summed E-state index contributed by atoms with van der Waals surface area (Å²) < 4.78 is 21.2. The fourth-order valence-corrected chi connectivity index (χ4v) is 3.26.